The molecule has 0 amide bonds. The number of nitrogens with zero attached hydrogens (tertiary/aromatic N) is 3. The predicted molar refractivity (Wildman–Crippen MR) is 200 cm³/mol. The predicted octanol–water partition coefficient (Wildman–Crippen LogP) is 10.1. The molecule has 2 N–H and O–H groups in total. The van der Waals surface area contributed by atoms with Gasteiger partial charge in [0.1, 0.15) is 17.8 Å². The molecule has 0 fully saturated rings. The molecule has 2 aliphatic rings. The molecule has 0 aromatic heterocycles. The van der Waals surface area contributed by atoms with Crippen LogP contribution in [0, 0.1) is 5.92 Å². The van der Waals surface area contributed by atoms with Crippen molar-refractivity contribution in [3.05, 3.63) is 174 Å². The van der Waals surface area contributed by atoms with Crippen LogP contribution >= 0.6 is 0 Å². The van der Waals surface area contributed by atoms with Crippen molar-refractivity contribution in [3.8, 4) is 22.3 Å². The van der Waals surface area contributed by atoms with Crippen LogP contribution in [0.15, 0.2) is 168 Å². The highest BCUT2D eigenvalue weighted by atomic mass is 15.3. The zero-order valence-electron chi connectivity index (χ0n) is 27.1. The zero-order valence-corrected chi connectivity index (χ0v) is 27.1. The van der Waals surface area contributed by atoms with Crippen molar-refractivity contribution in [1.29, 1.82) is 0 Å². The van der Waals surface area contributed by atoms with Crippen LogP contribution in [0.4, 0.5) is 17.1 Å². The molecule has 2 aliphatic heterocycles. The number of para-hydroxylation sites is 2. The van der Waals surface area contributed by atoms with E-state index < -0.39 is 6.17 Å². The lowest BCUT2D eigenvalue weighted by Gasteiger charge is -2.30. The first-order chi connectivity index (χ1) is 23.6. The first-order valence-corrected chi connectivity index (χ1v) is 16.6. The molecule has 5 heteroatoms. The van der Waals surface area contributed by atoms with Gasteiger partial charge in [-0.25, -0.2) is 9.98 Å². The van der Waals surface area contributed by atoms with Crippen LogP contribution in [0.1, 0.15) is 36.7 Å². The van der Waals surface area contributed by atoms with E-state index in [4.69, 9.17) is 9.98 Å². The minimum Gasteiger partial charge on any atom is -0.363 e. The molecule has 6 aromatic rings. The summed E-state index contributed by atoms with van der Waals surface area (Å²) in [5.41, 5.74) is 11.3. The van der Waals surface area contributed by atoms with E-state index in [0.29, 0.717) is 5.92 Å². The second-order valence-electron chi connectivity index (χ2n) is 12.6. The number of nitrogens with one attached hydrogen (secondary N) is 2. The summed E-state index contributed by atoms with van der Waals surface area (Å²) in [6, 6.07) is 55.3. The summed E-state index contributed by atoms with van der Waals surface area (Å²) in [6.07, 6.45) is -0.195. The Balaban J connectivity index is 1.14. The molecule has 1 unspecified atom stereocenters. The Labute approximate surface area is 282 Å². The first-order valence-electron chi connectivity index (χ1n) is 16.6. The van der Waals surface area contributed by atoms with Gasteiger partial charge in [-0.05, 0) is 58.5 Å². The van der Waals surface area contributed by atoms with Crippen molar-refractivity contribution in [2.45, 2.75) is 26.2 Å². The summed E-state index contributed by atoms with van der Waals surface area (Å²) in [5, 5.41) is 7.22. The smallest absolute Gasteiger partial charge is 0.170 e. The number of rotatable bonds is 7. The van der Waals surface area contributed by atoms with Crippen LogP contribution in [0.3, 0.4) is 0 Å². The number of benzene rings is 6. The topological polar surface area (TPSA) is 52.0 Å². The number of hydrogen-bond acceptors (Lipinski definition) is 5. The molecule has 0 spiro atoms. The molecule has 0 saturated heterocycles. The Bertz CT molecular complexity index is 2060. The van der Waals surface area contributed by atoms with Crippen LogP contribution in [-0.2, 0) is 0 Å². The van der Waals surface area contributed by atoms with E-state index in [9.17, 15) is 0 Å². The summed E-state index contributed by atoms with van der Waals surface area (Å²) in [6.45, 7) is 4.53. The minimum atomic E-state index is -0.401. The molecule has 8 rings (SSSR count). The normalized spacial score (nSPS) is 15.7. The lowest BCUT2D eigenvalue weighted by Crippen LogP contribution is -2.36. The lowest BCUT2D eigenvalue weighted by molar-refractivity contribution is 0.543. The zero-order chi connectivity index (χ0) is 32.5. The molecule has 6 aromatic carbocycles. The SMILES string of the molecule is CC(C)C1Nc2ccccc2N1c1ccc(-c2cccc(-c3ccccc3C3N=C(c4ccccc4)NC(c4ccccc4)=N3)c2)cc1. The standard InChI is InChI=1S/C43H37N5/c1-29(2)43-44-38-22-11-12-23-39(38)48(43)35-26-24-30(25-27-35)33-18-13-19-34(28-33)36-20-9-10-21-37(36)42-46-40(31-14-5-3-6-15-31)45-41(47-42)32-16-7-4-8-17-32/h3-29,42-44H,1-2H3,(H,45,46,47). The van der Waals surface area contributed by atoms with E-state index in [2.05, 4.69) is 151 Å². The molecule has 0 saturated carbocycles. The number of hydrogen-bond donors (Lipinski definition) is 2. The van der Waals surface area contributed by atoms with Gasteiger partial charge in [-0.3, -0.25) is 0 Å². The summed E-state index contributed by atoms with van der Waals surface area (Å²) in [5.74, 6) is 2.07. The van der Waals surface area contributed by atoms with Crippen LogP contribution in [-0.4, -0.2) is 17.8 Å². The Hall–Kier alpha value is -5.94. The Morgan fingerprint density at radius 3 is 1.81 bits per heavy atom. The third kappa shape index (κ3) is 5.64. The lowest BCUT2D eigenvalue weighted by atomic mass is 9.94. The van der Waals surface area contributed by atoms with E-state index in [1.54, 1.807) is 0 Å². The molecule has 5 nitrogen and oxygen atoms in total. The Kier molecular flexibility index (Phi) is 7.79. The highest BCUT2D eigenvalue weighted by molar-refractivity contribution is 6.15. The van der Waals surface area contributed by atoms with E-state index in [1.165, 1.54) is 28.2 Å². The van der Waals surface area contributed by atoms with Crippen molar-refractivity contribution in [2.75, 3.05) is 10.2 Å². The van der Waals surface area contributed by atoms with Gasteiger partial charge in [-0.1, -0.05) is 141 Å². The second-order valence-corrected chi connectivity index (χ2v) is 12.6. The van der Waals surface area contributed by atoms with Gasteiger partial charge < -0.3 is 15.5 Å². The fourth-order valence-corrected chi connectivity index (χ4v) is 6.68. The van der Waals surface area contributed by atoms with Crippen LogP contribution in [0.5, 0.6) is 0 Å². The molecule has 48 heavy (non-hydrogen) atoms. The maximum absolute atomic E-state index is 5.15. The van der Waals surface area contributed by atoms with Crippen molar-refractivity contribution in [1.82, 2.24) is 5.32 Å². The highest BCUT2D eigenvalue weighted by Crippen LogP contribution is 2.42. The maximum atomic E-state index is 5.15. The van der Waals surface area contributed by atoms with Crippen LogP contribution in [0.25, 0.3) is 22.3 Å². The van der Waals surface area contributed by atoms with Gasteiger partial charge in [-0.15, -0.1) is 0 Å². The van der Waals surface area contributed by atoms with Crippen molar-refractivity contribution in [2.24, 2.45) is 15.9 Å². The summed E-state index contributed by atoms with van der Waals surface area (Å²) in [4.78, 5) is 12.7. The molecule has 0 aliphatic carbocycles. The molecule has 0 radical (unpaired) electrons. The van der Waals surface area contributed by atoms with Gasteiger partial charge in [0.15, 0.2) is 6.17 Å². The number of amidine groups is 2. The Morgan fingerprint density at radius 1 is 0.542 bits per heavy atom. The quantitative estimate of drug-likeness (QED) is 0.186. The van der Waals surface area contributed by atoms with Gasteiger partial charge in [0.25, 0.3) is 0 Å². The first kappa shape index (κ1) is 29.5. The third-order valence-corrected chi connectivity index (χ3v) is 9.10. The maximum Gasteiger partial charge on any atom is 0.170 e. The van der Waals surface area contributed by atoms with Crippen LogP contribution in [0.2, 0.25) is 0 Å². The van der Waals surface area contributed by atoms with E-state index in [1.807, 2.05) is 36.4 Å². The van der Waals surface area contributed by atoms with E-state index >= 15 is 0 Å². The second kappa shape index (κ2) is 12.7. The Morgan fingerprint density at radius 2 is 1.12 bits per heavy atom. The van der Waals surface area contributed by atoms with Gasteiger partial charge in [0.2, 0.25) is 0 Å². The van der Waals surface area contributed by atoms with E-state index in [0.717, 1.165) is 39.5 Å². The largest absolute Gasteiger partial charge is 0.363 e. The summed E-state index contributed by atoms with van der Waals surface area (Å²) < 4.78 is 0. The minimum absolute atomic E-state index is 0.207. The highest BCUT2D eigenvalue weighted by Gasteiger charge is 2.31. The average molecular weight is 624 g/mol. The molecule has 0 bridgehead atoms. The molecule has 2 heterocycles. The fourth-order valence-electron chi connectivity index (χ4n) is 6.68. The van der Waals surface area contributed by atoms with Gasteiger partial charge in [0, 0.05) is 22.4 Å². The average Bonchev–Trinajstić information content (AvgIpc) is 3.56. The molecular weight excluding hydrogens is 587 g/mol. The summed E-state index contributed by atoms with van der Waals surface area (Å²) >= 11 is 0. The number of fused-ring (bicyclic) bond motifs is 1. The van der Waals surface area contributed by atoms with Crippen molar-refractivity contribution >= 4 is 28.7 Å². The monoisotopic (exact) mass is 623 g/mol. The van der Waals surface area contributed by atoms with Gasteiger partial charge in [0.05, 0.1) is 11.4 Å². The van der Waals surface area contributed by atoms with Crippen LogP contribution < -0.4 is 15.5 Å². The molecule has 1 atom stereocenters. The molecule has 234 valence electrons. The number of anilines is 3. The number of aliphatic imine (C=N–C) groups is 2. The van der Waals surface area contributed by atoms with Crippen molar-refractivity contribution < 1.29 is 0 Å². The third-order valence-electron chi connectivity index (χ3n) is 9.10. The fraction of sp³-hybridized carbons (Fsp3) is 0.116. The van der Waals surface area contributed by atoms with Crippen molar-refractivity contribution in [3.63, 3.8) is 0 Å². The van der Waals surface area contributed by atoms with Gasteiger partial charge in [-0.2, -0.15) is 0 Å². The van der Waals surface area contributed by atoms with Gasteiger partial charge >= 0.3 is 0 Å². The van der Waals surface area contributed by atoms with E-state index in [-0.39, 0.29) is 6.17 Å². The summed E-state index contributed by atoms with van der Waals surface area (Å²) in [7, 11) is 0. The molecular formula is C43H37N5.